The van der Waals surface area contributed by atoms with E-state index in [9.17, 15) is 8.42 Å². The Labute approximate surface area is 167 Å². The van der Waals surface area contributed by atoms with Gasteiger partial charge in [0.2, 0.25) is 10.0 Å². The van der Waals surface area contributed by atoms with E-state index >= 15 is 0 Å². The lowest BCUT2D eigenvalue weighted by molar-refractivity contribution is 0.344. The summed E-state index contributed by atoms with van der Waals surface area (Å²) < 4.78 is 34.2. The van der Waals surface area contributed by atoms with E-state index in [1.807, 2.05) is 56.3 Å². The van der Waals surface area contributed by atoms with Gasteiger partial charge in [-0.3, -0.25) is 4.98 Å². The van der Waals surface area contributed by atoms with Crippen molar-refractivity contribution in [2.45, 2.75) is 31.6 Å². The number of nitrogens with zero attached hydrogens (tertiary/aromatic N) is 2. The summed E-state index contributed by atoms with van der Waals surface area (Å²) in [6, 6.07) is 16.6. The third-order valence-electron chi connectivity index (χ3n) is 4.58. The van der Waals surface area contributed by atoms with Gasteiger partial charge in [-0.15, -0.1) is 0 Å². The van der Waals surface area contributed by atoms with Crippen molar-refractivity contribution in [1.82, 2.24) is 9.29 Å². The van der Waals surface area contributed by atoms with Gasteiger partial charge in [0.15, 0.2) is 0 Å². The molecule has 28 heavy (non-hydrogen) atoms. The molecule has 0 bridgehead atoms. The molecular formula is C22H26N2O3S. The summed E-state index contributed by atoms with van der Waals surface area (Å²) in [6.45, 7) is 5.30. The SMILES string of the molecule is CCCN(CCc1ccccn1)S(=O)(=O)c1ccc(OCC)c2ccccc12. The van der Waals surface area contributed by atoms with Crippen molar-refractivity contribution in [2.75, 3.05) is 19.7 Å². The molecule has 0 unspecified atom stereocenters. The molecule has 0 aliphatic rings. The number of pyridine rings is 1. The molecule has 3 rings (SSSR count). The van der Waals surface area contributed by atoms with Crippen LogP contribution in [-0.4, -0.2) is 37.4 Å². The Bertz CT molecular complexity index is 1020. The standard InChI is InChI=1S/C22H26N2O3S/c1-3-16-24(17-14-18-9-7-8-15-23-18)28(25,26)22-13-12-21(27-4-2)19-10-5-6-11-20(19)22/h5-13,15H,3-4,14,16-17H2,1-2H3. The van der Waals surface area contributed by atoms with E-state index in [0.717, 1.165) is 17.5 Å². The Morgan fingerprint density at radius 1 is 0.929 bits per heavy atom. The van der Waals surface area contributed by atoms with Gasteiger partial charge in [-0.2, -0.15) is 4.31 Å². The lowest BCUT2D eigenvalue weighted by atomic mass is 10.1. The molecular weight excluding hydrogens is 372 g/mol. The summed E-state index contributed by atoms with van der Waals surface area (Å²) >= 11 is 0. The molecule has 2 aromatic carbocycles. The molecule has 0 saturated heterocycles. The van der Waals surface area contributed by atoms with Crippen LogP contribution >= 0.6 is 0 Å². The summed E-state index contributed by atoms with van der Waals surface area (Å²) in [5, 5.41) is 1.50. The lowest BCUT2D eigenvalue weighted by Gasteiger charge is -2.23. The van der Waals surface area contributed by atoms with Gasteiger partial charge in [0, 0.05) is 42.2 Å². The highest BCUT2D eigenvalue weighted by Crippen LogP contribution is 2.32. The molecule has 0 radical (unpaired) electrons. The van der Waals surface area contributed by atoms with Crippen LogP contribution in [0.25, 0.3) is 10.8 Å². The maximum Gasteiger partial charge on any atom is 0.243 e. The predicted octanol–water partition coefficient (Wildman–Crippen LogP) is 4.28. The van der Waals surface area contributed by atoms with Crippen LogP contribution in [0.15, 0.2) is 65.7 Å². The number of rotatable bonds is 9. The van der Waals surface area contributed by atoms with Gasteiger partial charge in [-0.1, -0.05) is 37.3 Å². The summed E-state index contributed by atoms with van der Waals surface area (Å²) in [5.41, 5.74) is 0.885. The monoisotopic (exact) mass is 398 g/mol. The third-order valence-corrected chi connectivity index (χ3v) is 6.54. The largest absolute Gasteiger partial charge is 0.493 e. The number of ether oxygens (including phenoxy) is 1. The molecule has 148 valence electrons. The Morgan fingerprint density at radius 3 is 2.36 bits per heavy atom. The zero-order valence-corrected chi connectivity index (χ0v) is 17.2. The summed E-state index contributed by atoms with van der Waals surface area (Å²) in [7, 11) is -3.64. The number of benzene rings is 2. The number of hydrogen-bond acceptors (Lipinski definition) is 4. The average Bonchev–Trinajstić information content (AvgIpc) is 2.72. The van der Waals surface area contributed by atoms with Crippen molar-refractivity contribution >= 4 is 20.8 Å². The summed E-state index contributed by atoms with van der Waals surface area (Å²) in [5.74, 6) is 0.701. The molecule has 3 aromatic rings. The normalized spacial score (nSPS) is 11.8. The first-order valence-corrected chi connectivity index (χ1v) is 11.1. The smallest absolute Gasteiger partial charge is 0.243 e. The van der Waals surface area contributed by atoms with Gasteiger partial charge in [0.25, 0.3) is 0 Å². The van der Waals surface area contributed by atoms with Crippen molar-refractivity contribution in [3.05, 3.63) is 66.5 Å². The van der Waals surface area contributed by atoms with Crippen molar-refractivity contribution in [3.8, 4) is 5.75 Å². The fourth-order valence-corrected chi connectivity index (χ4v) is 5.00. The van der Waals surface area contributed by atoms with Crippen molar-refractivity contribution in [1.29, 1.82) is 0 Å². The molecule has 5 nitrogen and oxygen atoms in total. The van der Waals surface area contributed by atoms with E-state index in [1.54, 1.807) is 22.6 Å². The highest BCUT2D eigenvalue weighted by molar-refractivity contribution is 7.89. The van der Waals surface area contributed by atoms with Gasteiger partial charge in [0.05, 0.1) is 11.5 Å². The quantitative estimate of drug-likeness (QED) is 0.540. The molecule has 0 atom stereocenters. The Kier molecular flexibility index (Phi) is 6.65. The molecule has 0 aliphatic heterocycles. The second-order valence-corrected chi connectivity index (χ2v) is 8.42. The average molecular weight is 399 g/mol. The molecule has 0 saturated carbocycles. The third kappa shape index (κ3) is 4.34. The van der Waals surface area contributed by atoms with Gasteiger partial charge in [0.1, 0.15) is 5.75 Å². The second kappa shape index (κ2) is 9.17. The second-order valence-electron chi connectivity index (χ2n) is 6.52. The highest BCUT2D eigenvalue weighted by atomic mass is 32.2. The maximum absolute atomic E-state index is 13.5. The fraction of sp³-hybridized carbons (Fsp3) is 0.318. The van der Waals surface area contributed by atoms with E-state index in [4.69, 9.17) is 4.74 Å². The van der Waals surface area contributed by atoms with Crippen LogP contribution in [-0.2, 0) is 16.4 Å². The maximum atomic E-state index is 13.5. The van der Waals surface area contributed by atoms with E-state index in [-0.39, 0.29) is 0 Å². The minimum Gasteiger partial charge on any atom is -0.493 e. The minimum absolute atomic E-state index is 0.320. The molecule has 0 N–H and O–H groups in total. The topological polar surface area (TPSA) is 59.5 Å². The van der Waals surface area contributed by atoms with E-state index < -0.39 is 10.0 Å². The molecule has 0 aliphatic carbocycles. The van der Waals surface area contributed by atoms with Gasteiger partial charge >= 0.3 is 0 Å². The first-order valence-electron chi connectivity index (χ1n) is 9.62. The van der Waals surface area contributed by atoms with E-state index in [1.165, 1.54) is 0 Å². The minimum atomic E-state index is -3.64. The van der Waals surface area contributed by atoms with Crippen LogP contribution < -0.4 is 4.74 Å². The number of aromatic nitrogens is 1. The van der Waals surface area contributed by atoms with Gasteiger partial charge in [-0.05, 0) is 37.6 Å². The zero-order chi connectivity index (χ0) is 20.0. The van der Waals surface area contributed by atoms with Crippen molar-refractivity contribution in [3.63, 3.8) is 0 Å². The molecule has 0 fully saturated rings. The Balaban J connectivity index is 1.98. The van der Waals surface area contributed by atoms with Gasteiger partial charge < -0.3 is 4.74 Å². The van der Waals surface area contributed by atoms with Crippen LogP contribution in [0, 0.1) is 0 Å². The number of hydrogen-bond donors (Lipinski definition) is 0. The first kappa shape index (κ1) is 20.3. The van der Waals surface area contributed by atoms with Crippen LogP contribution in [0.4, 0.5) is 0 Å². The van der Waals surface area contributed by atoms with Crippen LogP contribution in [0.3, 0.4) is 0 Å². The fourth-order valence-electron chi connectivity index (χ4n) is 3.28. The first-order chi connectivity index (χ1) is 13.6. The molecule has 0 spiro atoms. The van der Waals surface area contributed by atoms with Crippen LogP contribution in [0.5, 0.6) is 5.75 Å². The summed E-state index contributed by atoms with van der Waals surface area (Å²) in [6.07, 6.45) is 3.05. The van der Waals surface area contributed by atoms with E-state index in [2.05, 4.69) is 4.98 Å². The molecule has 0 amide bonds. The van der Waals surface area contributed by atoms with Gasteiger partial charge in [-0.25, -0.2) is 8.42 Å². The number of fused-ring (bicyclic) bond motifs is 1. The van der Waals surface area contributed by atoms with E-state index in [0.29, 0.717) is 42.1 Å². The Hall–Kier alpha value is -2.44. The molecule has 6 heteroatoms. The van der Waals surface area contributed by atoms with Crippen molar-refractivity contribution in [2.24, 2.45) is 0 Å². The lowest BCUT2D eigenvalue weighted by Crippen LogP contribution is -2.34. The van der Waals surface area contributed by atoms with Crippen molar-refractivity contribution < 1.29 is 13.2 Å². The number of sulfonamides is 1. The van der Waals surface area contributed by atoms with Crippen LogP contribution in [0.2, 0.25) is 0 Å². The zero-order valence-electron chi connectivity index (χ0n) is 16.3. The molecule has 1 heterocycles. The molecule has 1 aromatic heterocycles. The summed E-state index contributed by atoms with van der Waals surface area (Å²) in [4.78, 5) is 4.63. The Morgan fingerprint density at radius 2 is 1.68 bits per heavy atom. The predicted molar refractivity (Wildman–Crippen MR) is 112 cm³/mol. The van der Waals surface area contributed by atoms with Crippen LogP contribution in [0.1, 0.15) is 26.0 Å². The highest BCUT2D eigenvalue weighted by Gasteiger charge is 2.26.